The summed E-state index contributed by atoms with van der Waals surface area (Å²) in [7, 11) is 2.01. The number of benzene rings is 1. The summed E-state index contributed by atoms with van der Waals surface area (Å²) in [6.07, 6.45) is 1.78. The van der Waals surface area contributed by atoms with Crippen LogP contribution in [0.3, 0.4) is 0 Å². The summed E-state index contributed by atoms with van der Waals surface area (Å²) in [5, 5.41) is 4.60. The normalized spacial score (nSPS) is 13.3. The van der Waals surface area contributed by atoms with Gasteiger partial charge in [0.15, 0.2) is 5.78 Å². The molecular formula is C22H19BrN4O2S. The zero-order valence-corrected chi connectivity index (χ0v) is 18.7. The molecular weight excluding hydrogens is 464 g/mol. The minimum atomic E-state index is -0.264. The number of anilines is 1. The van der Waals surface area contributed by atoms with Gasteiger partial charge in [0, 0.05) is 41.8 Å². The molecule has 0 fully saturated rings. The molecule has 1 aliphatic heterocycles. The van der Waals surface area contributed by atoms with Crippen LogP contribution in [0, 0.1) is 0 Å². The van der Waals surface area contributed by atoms with Crippen molar-refractivity contribution in [2.75, 3.05) is 25.5 Å². The molecule has 0 spiro atoms. The molecule has 30 heavy (non-hydrogen) atoms. The summed E-state index contributed by atoms with van der Waals surface area (Å²) < 4.78 is 0.834. The lowest BCUT2D eigenvalue weighted by atomic mass is 10.0. The number of pyridine rings is 1. The third-order valence-electron chi connectivity index (χ3n) is 4.80. The maximum Gasteiger partial charge on any atom is 0.267 e. The molecule has 0 atom stereocenters. The Labute approximate surface area is 186 Å². The first-order valence-electron chi connectivity index (χ1n) is 9.40. The number of halogens is 1. The predicted molar refractivity (Wildman–Crippen MR) is 123 cm³/mol. The lowest BCUT2D eigenvalue weighted by Gasteiger charge is -2.13. The van der Waals surface area contributed by atoms with Crippen molar-refractivity contribution >= 4 is 50.6 Å². The maximum atomic E-state index is 12.8. The number of amides is 1. The SMILES string of the molecule is CN1CCN=C1c1ccc(C(=O)Cc2ccsc2C(=O)Nc2ccc(Br)cn2)cc1. The van der Waals surface area contributed by atoms with Crippen LogP contribution < -0.4 is 5.32 Å². The topological polar surface area (TPSA) is 74.7 Å². The molecule has 0 unspecified atom stereocenters. The molecule has 0 saturated carbocycles. The number of hydrogen-bond acceptors (Lipinski definition) is 6. The quantitative estimate of drug-likeness (QED) is 0.532. The first-order chi connectivity index (χ1) is 14.5. The van der Waals surface area contributed by atoms with E-state index >= 15 is 0 Å². The largest absolute Gasteiger partial charge is 0.358 e. The Balaban J connectivity index is 1.45. The number of nitrogens with one attached hydrogen (secondary N) is 1. The highest BCUT2D eigenvalue weighted by molar-refractivity contribution is 9.10. The van der Waals surface area contributed by atoms with Crippen LogP contribution in [-0.2, 0) is 6.42 Å². The minimum Gasteiger partial charge on any atom is -0.358 e. The Kier molecular flexibility index (Phi) is 6.06. The number of rotatable bonds is 6. The highest BCUT2D eigenvalue weighted by atomic mass is 79.9. The number of carbonyl (C=O) groups is 2. The van der Waals surface area contributed by atoms with E-state index in [1.54, 1.807) is 18.3 Å². The Morgan fingerprint density at radius 2 is 1.97 bits per heavy atom. The molecule has 4 rings (SSSR count). The Morgan fingerprint density at radius 1 is 1.17 bits per heavy atom. The molecule has 152 valence electrons. The van der Waals surface area contributed by atoms with Crippen molar-refractivity contribution in [1.82, 2.24) is 9.88 Å². The van der Waals surface area contributed by atoms with Crippen molar-refractivity contribution < 1.29 is 9.59 Å². The van der Waals surface area contributed by atoms with Crippen LogP contribution in [-0.4, -0.2) is 47.5 Å². The van der Waals surface area contributed by atoms with E-state index in [2.05, 4.69) is 36.1 Å². The van der Waals surface area contributed by atoms with Gasteiger partial charge in [0.25, 0.3) is 5.91 Å². The second-order valence-corrected chi connectivity index (χ2v) is 8.73. The molecule has 8 heteroatoms. The van der Waals surface area contributed by atoms with Gasteiger partial charge in [-0.1, -0.05) is 24.3 Å². The van der Waals surface area contributed by atoms with E-state index in [9.17, 15) is 9.59 Å². The summed E-state index contributed by atoms with van der Waals surface area (Å²) in [4.78, 5) is 36.7. The Morgan fingerprint density at radius 3 is 2.63 bits per heavy atom. The third-order valence-corrected chi connectivity index (χ3v) is 6.22. The summed E-state index contributed by atoms with van der Waals surface area (Å²) in [5.41, 5.74) is 2.33. The van der Waals surface area contributed by atoms with E-state index in [1.807, 2.05) is 42.8 Å². The van der Waals surface area contributed by atoms with Gasteiger partial charge in [-0.15, -0.1) is 11.3 Å². The van der Waals surface area contributed by atoms with Crippen LogP contribution >= 0.6 is 27.3 Å². The number of hydrogen-bond donors (Lipinski definition) is 1. The summed E-state index contributed by atoms with van der Waals surface area (Å²) >= 11 is 4.63. The molecule has 1 aromatic carbocycles. The predicted octanol–water partition coefficient (Wildman–Crippen LogP) is 4.28. The van der Waals surface area contributed by atoms with E-state index in [1.165, 1.54) is 11.3 Å². The summed E-state index contributed by atoms with van der Waals surface area (Å²) in [6.45, 7) is 1.71. The fourth-order valence-electron chi connectivity index (χ4n) is 3.22. The number of aliphatic imine (C=N–C) groups is 1. The second-order valence-electron chi connectivity index (χ2n) is 6.89. The van der Waals surface area contributed by atoms with Gasteiger partial charge in [-0.25, -0.2) is 4.98 Å². The number of thiophene rings is 1. The van der Waals surface area contributed by atoms with Crippen molar-refractivity contribution in [3.63, 3.8) is 0 Å². The standard InChI is InChI=1S/C22H19BrN4O2S/c1-27-10-9-24-21(27)15-4-2-14(3-5-15)18(28)12-16-8-11-30-20(16)22(29)26-19-7-6-17(23)13-25-19/h2-8,11,13H,9-10,12H2,1H3,(H,25,26,29). The fraction of sp³-hybridized carbons (Fsp3) is 0.182. The minimum absolute atomic E-state index is 0.0301. The number of aromatic nitrogens is 1. The number of amidine groups is 1. The maximum absolute atomic E-state index is 12.8. The van der Waals surface area contributed by atoms with Gasteiger partial charge < -0.3 is 10.2 Å². The zero-order chi connectivity index (χ0) is 21.1. The number of carbonyl (C=O) groups excluding carboxylic acids is 2. The van der Waals surface area contributed by atoms with Crippen molar-refractivity contribution in [1.29, 1.82) is 0 Å². The highest BCUT2D eigenvalue weighted by Gasteiger charge is 2.18. The van der Waals surface area contributed by atoms with Gasteiger partial charge in [0.05, 0.1) is 11.4 Å². The average molecular weight is 483 g/mol. The van der Waals surface area contributed by atoms with Crippen molar-refractivity contribution in [3.05, 3.63) is 80.1 Å². The number of Topliss-reactive ketones (excluding diaryl/α,β-unsaturated/α-hetero) is 1. The number of likely N-dealkylation sites (N-methyl/N-ethyl adjacent to an activating group) is 1. The lowest BCUT2D eigenvalue weighted by molar-refractivity contribution is 0.0993. The highest BCUT2D eigenvalue weighted by Crippen LogP contribution is 2.21. The lowest BCUT2D eigenvalue weighted by Crippen LogP contribution is -2.23. The molecule has 0 radical (unpaired) electrons. The van der Waals surface area contributed by atoms with Crippen LogP contribution in [0.15, 0.2) is 63.5 Å². The molecule has 2 aromatic heterocycles. The van der Waals surface area contributed by atoms with E-state index < -0.39 is 0 Å². The monoisotopic (exact) mass is 482 g/mol. The smallest absolute Gasteiger partial charge is 0.267 e. The molecule has 6 nitrogen and oxygen atoms in total. The van der Waals surface area contributed by atoms with Crippen molar-refractivity contribution in [2.45, 2.75) is 6.42 Å². The Bertz CT molecular complexity index is 1110. The molecule has 0 saturated heterocycles. The number of nitrogens with zero attached hydrogens (tertiary/aromatic N) is 3. The van der Waals surface area contributed by atoms with Crippen LogP contribution in [0.4, 0.5) is 5.82 Å². The van der Waals surface area contributed by atoms with Gasteiger partial charge in [-0.2, -0.15) is 0 Å². The Hall–Kier alpha value is -2.84. The average Bonchev–Trinajstić information content (AvgIpc) is 3.38. The van der Waals surface area contributed by atoms with E-state index in [-0.39, 0.29) is 18.1 Å². The molecule has 1 aliphatic rings. The molecule has 1 N–H and O–H groups in total. The molecule has 0 bridgehead atoms. The van der Waals surface area contributed by atoms with Gasteiger partial charge in [0.2, 0.25) is 0 Å². The van der Waals surface area contributed by atoms with Gasteiger partial charge in [-0.05, 0) is 45.1 Å². The van der Waals surface area contributed by atoms with Crippen molar-refractivity contribution in [3.8, 4) is 0 Å². The molecule has 3 aromatic rings. The van der Waals surface area contributed by atoms with Crippen LogP contribution in [0.25, 0.3) is 0 Å². The van der Waals surface area contributed by atoms with E-state index in [0.717, 1.165) is 29.0 Å². The first-order valence-corrected chi connectivity index (χ1v) is 11.1. The van der Waals surface area contributed by atoms with E-state index in [0.29, 0.717) is 21.8 Å². The summed E-state index contributed by atoms with van der Waals surface area (Å²) in [5.74, 6) is 1.12. The van der Waals surface area contributed by atoms with Crippen LogP contribution in [0.2, 0.25) is 0 Å². The van der Waals surface area contributed by atoms with Gasteiger partial charge >= 0.3 is 0 Å². The number of ketones is 1. The first kappa shape index (κ1) is 20.4. The fourth-order valence-corrected chi connectivity index (χ4v) is 4.27. The van der Waals surface area contributed by atoms with Gasteiger partial charge in [0.1, 0.15) is 11.7 Å². The van der Waals surface area contributed by atoms with Crippen LogP contribution in [0.5, 0.6) is 0 Å². The molecule has 0 aliphatic carbocycles. The molecule has 3 heterocycles. The molecule has 1 amide bonds. The van der Waals surface area contributed by atoms with Crippen LogP contribution in [0.1, 0.15) is 31.2 Å². The third kappa shape index (κ3) is 4.49. The van der Waals surface area contributed by atoms with E-state index in [4.69, 9.17) is 0 Å². The summed E-state index contributed by atoms with van der Waals surface area (Å²) in [6, 6.07) is 12.8. The zero-order valence-electron chi connectivity index (χ0n) is 16.3. The van der Waals surface area contributed by atoms with Crippen molar-refractivity contribution in [2.24, 2.45) is 4.99 Å². The van der Waals surface area contributed by atoms with Gasteiger partial charge in [-0.3, -0.25) is 14.6 Å². The second kappa shape index (κ2) is 8.89.